The van der Waals surface area contributed by atoms with Gasteiger partial charge in [0.05, 0.1) is 17.0 Å². The Kier molecular flexibility index (Phi) is 5.81. The van der Waals surface area contributed by atoms with Gasteiger partial charge in [0.1, 0.15) is 5.52 Å². The Balaban J connectivity index is 1.41. The van der Waals surface area contributed by atoms with Crippen LogP contribution in [0.3, 0.4) is 0 Å². The van der Waals surface area contributed by atoms with Crippen LogP contribution in [-0.4, -0.2) is 22.6 Å². The highest BCUT2D eigenvalue weighted by Gasteiger charge is 2.15. The molecule has 1 aromatic heterocycles. The second-order valence-corrected chi connectivity index (χ2v) is 7.58. The van der Waals surface area contributed by atoms with E-state index in [0.717, 1.165) is 11.1 Å². The molecule has 30 heavy (non-hydrogen) atoms. The summed E-state index contributed by atoms with van der Waals surface area (Å²) < 4.78 is 5.61. The first-order valence-corrected chi connectivity index (χ1v) is 10.3. The number of carbonyl (C=O) groups is 2. The highest BCUT2D eigenvalue weighted by atomic mass is 32.2. The molecule has 0 aliphatic heterocycles. The number of thioether (sulfide) groups is 1. The lowest BCUT2D eigenvalue weighted by atomic mass is 10.1. The van der Waals surface area contributed by atoms with E-state index >= 15 is 0 Å². The number of rotatable bonds is 6. The zero-order valence-corrected chi connectivity index (χ0v) is 17.0. The Hall–Kier alpha value is -3.58. The van der Waals surface area contributed by atoms with Crippen molar-refractivity contribution in [1.29, 1.82) is 0 Å². The van der Waals surface area contributed by atoms with E-state index in [9.17, 15) is 9.59 Å². The van der Waals surface area contributed by atoms with Crippen LogP contribution in [0.1, 0.15) is 15.9 Å². The largest absolute Gasteiger partial charge is 0.431 e. The maximum absolute atomic E-state index is 12.7. The minimum absolute atomic E-state index is 0.112. The number of hydrogen-bond donors (Lipinski definition) is 2. The van der Waals surface area contributed by atoms with Gasteiger partial charge in [-0.05, 0) is 48.9 Å². The molecule has 0 aliphatic carbocycles. The number of hydrogen-bond acceptors (Lipinski definition) is 5. The van der Waals surface area contributed by atoms with Crippen molar-refractivity contribution >= 4 is 46.1 Å². The van der Waals surface area contributed by atoms with Crippen molar-refractivity contribution in [3.05, 3.63) is 83.9 Å². The van der Waals surface area contributed by atoms with Crippen LogP contribution in [0.4, 0.5) is 11.4 Å². The van der Waals surface area contributed by atoms with Gasteiger partial charge in [0.15, 0.2) is 5.58 Å². The smallest absolute Gasteiger partial charge is 0.257 e. The molecule has 0 radical (unpaired) electrons. The van der Waals surface area contributed by atoms with E-state index in [1.54, 1.807) is 24.3 Å². The average Bonchev–Trinajstić information content (AvgIpc) is 3.16. The van der Waals surface area contributed by atoms with Gasteiger partial charge in [-0.15, -0.1) is 0 Å². The Labute approximate surface area is 177 Å². The molecule has 150 valence electrons. The maximum atomic E-state index is 12.7. The van der Waals surface area contributed by atoms with Crippen molar-refractivity contribution in [2.45, 2.75) is 12.1 Å². The first-order valence-electron chi connectivity index (χ1n) is 9.34. The number of amides is 2. The van der Waals surface area contributed by atoms with Crippen LogP contribution in [0.15, 0.2) is 82.4 Å². The fourth-order valence-electron chi connectivity index (χ4n) is 2.94. The number of oxazole rings is 1. The number of aryl methyl sites for hydroxylation is 1. The molecule has 0 spiro atoms. The standard InChI is InChI=1S/C23H19N3O3S/c1-15-7-6-8-16(13-15)24-22(28)17-9-2-3-10-18(17)25-21(27)14-30-23-26-19-11-4-5-12-20(19)29-23/h2-13H,14H2,1H3,(H,24,28)(H,25,27). The predicted octanol–water partition coefficient (Wildman–Crippen LogP) is 5.12. The lowest BCUT2D eigenvalue weighted by molar-refractivity contribution is -0.113. The topological polar surface area (TPSA) is 84.2 Å². The Morgan fingerprint density at radius 1 is 0.967 bits per heavy atom. The highest BCUT2D eigenvalue weighted by molar-refractivity contribution is 7.99. The molecule has 1 heterocycles. The minimum Gasteiger partial charge on any atom is -0.431 e. The Bertz CT molecular complexity index is 1190. The number of anilines is 2. The summed E-state index contributed by atoms with van der Waals surface area (Å²) in [6.45, 7) is 1.96. The summed E-state index contributed by atoms with van der Waals surface area (Å²) in [6.07, 6.45) is 0. The van der Waals surface area contributed by atoms with Gasteiger partial charge in [0.2, 0.25) is 5.91 Å². The van der Waals surface area contributed by atoms with E-state index in [0.29, 0.717) is 27.7 Å². The molecule has 0 bridgehead atoms. The molecular weight excluding hydrogens is 398 g/mol. The second kappa shape index (κ2) is 8.84. The van der Waals surface area contributed by atoms with Crippen molar-refractivity contribution in [3.8, 4) is 0 Å². The monoisotopic (exact) mass is 417 g/mol. The summed E-state index contributed by atoms with van der Waals surface area (Å²) in [5.74, 6) is -0.429. The van der Waals surface area contributed by atoms with E-state index in [1.165, 1.54) is 11.8 Å². The highest BCUT2D eigenvalue weighted by Crippen LogP contribution is 2.24. The summed E-state index contributed by atoms with van der Waals surface area (Å²) in [4.78, 5) is 29.5. The average molecular weight is 417 g/mol. The molecule has 0 unspecified atom stereocenters. The molecule has 0 atom stereocenters. The summed E-state index contributed by atoms with van der Waals surface area (Å²) in [6, 6.07) is 21.9. The zero-order valence-electron chi connectivity index (χ0n) is 16.2. The number of nitrogens with one attached hydrogen (secondary N) is 2. The van der Waals surface area contributed by atoms with Crippen LogP contribution in [0.5, 0.6) is 0 Å². The molecule has 0 fully saturated rings. The van der Waals surface area contributed by atoms with Crippen molar-refractivity contribution < 1.29 is 14.0 Å². The molecule has 0 saturated heterocycles. The Morgan fingerprint density at radius 2 is 1.77 bits per heavy atom. The van der Waals surface area contributed by atoms with Gasteiger partial charge < -0.3 is 15.1 Å². The number of nitrogens with zero attached hydrogens (tertiary/aromatic N) is 1. The quantitative estimate of drug-likeness (QED) is 0.426. The van der Waals surface area contributed by atoms with Gasteiger partial charge in [-0.1, -0.05) is 48.2 Å². The van der Waals surface area contributed by atoms with Crippen LogP contribution in [-0.2, 0) is 4.79 Å². The summed E-state index contributed by atoms with van der Waals surface area (Å²) in [5, 5.41) is 6.10. The Morgan fingerprint density at radius 3 is 2.60 bits per heavy atom. The maximum Gasteiger partial charge on any atom is 0.257 e. The first-order chi connectivity index (χ1) is 14.6. The minimum atomic E-state index is -0.289. The third kappa shape index (κ3) is 4.69. The van der Waals surface area contributed by atoms with Crippen LogP contribution in [0.2, 0.25) is 0 Å². The molecule has 6 nitrogen and oxygen atoms in total. The van der Waals surface area contributed by atoms with E-state index in [4.69, 9.17) is 4.42 Å². The molecular formula is C23H19N3O3S. The van der Waals surface area contributed by atoms with Crippen molar-refractivity contribution in [1.82, 2.24) is 4.98 Å². The molecule has 0 aliphatic rings. The molecule has 0 saturated carbocycles. The molecule has 4 aromatic rings. The van der Waals surface area contributed by atoms with Crippen LogP contribution < -0.4 is 10.6 Å². The summed E-state index contributed by atoms with van der Waals surface area (Å²) in [7, 11) is 0. The molecule has 4 rings (SSSR count). The first kappa shape index (κ1) is 19.7. The number of para-hydroxylation sites is 3. The number of aromatic nitrogens is 1. The lowest BCUT2D eigenvalue weighted by Crippen LogP contribution is -2.19. The summed E-state index contributed by atoms with van der Waals surface area (Å²) in [5.41, 5.74) is 4.01. The molecule has 3 aromatic carbocycles. The van der Waals surface area contributed by atoms with Gasteiger partial charge in [-0.2, -0.15) is 0 Å². The summed E-state index contributed by atoms with van der Waals surface area (Å²) >= 11 is 1.20. The van der Waals surface area contributed by atoms with Crippen molar-refractivity contribution in [2.24, 2.45) is 0 Å². The zero-order chi connectivity index (χ0) is 20.9. The molecule has 2 amide bonds. The number of carbonyl (C=O) groups excluding carboxylic acids is 2. The molecule has 7 heteroatoms. The fourth-order valence-corrected chi connectivity index (χ4v) is 3.58. The van der Waals surface area contributed by atoms with Gasteiger partial charge in [-0.25, -0.2) is 4.98 Å². The molecule has 2 N–H and O–H groups in total. The third-order valence-electron chi connectivity index (χ3n) is 4.32. The van der Waals surface area contributed by atoms with Crippen LogP contribution in [0.25, 0.3) is 11.1 Å². The van der Waals surface area contributed by atoms with Gasteiger partial charge in [0.25, 0.3) is 11.1 Å². The van der Waals surface area contributed by atoms with Gasteiger partial charge in [0, 0.05) is 5.69 Å². The van der Waals surface area contributed by atoms with E-state index in [2.05, 4.69) is 15.6 Å². The van der Waals surface area contributed by atoms with E-state index in [1.807, 2.05) is 55.5 Å². The fraction of sp³-hybridized carbons (Fsp3) is 0.0870. The third-order valence-corrected chi connectivity index (χ3v) is 5.15. The van der Waals surface area contributed by atoms with Gasteiger partial charge >= 0.3 is 0 Å². The van der Waals surface area contributed by atoms with Crippen LogP contribution in [0, 0.1) is 6.92 Å². The van der Waals surface area contributed by atoms with Crippen molar-refractivity contribution in [3.63, 3.8) is 0 Å². The predicted molar refractivity (Wildman–Crippen MR) is 119 cm³/mol. The van der Waals surface area contributed by atoms with Crippen molar-refractivity contribution in [2.75, 3.05) is 16.4 Å². The van der Waals surface area contributed by atoms with Crippen LogP contribution >= 0.6 is 11.8 Å². The number of fused-ring (bicyclic) bond motifs is 1. The normalized spacial score (nSPS) is 10.7. The second-order valence-electron chi connectivity index (χ2n) is 6.65. The SMILES string of the molecule is Cc1cccc(NC(=O)c2ccccc2NC(=O)CSc2nc3ccccc3o2)c1. The van der Waals surface area contributed by atoms with E-state index in [-0.39, 0.29) is 17.6 Å². The van der Waals surface area contributed by atoms with Gasteiger partial charge in [-0.3, -0.25) is 9.59 Å². The number of benzene rings is 3. The van der Waals surface area contributed by atoms with E-state index < -0.39 is 0 Å². The lowest BCUT2D eigenvalue weighted by Gasteiger charge is -2.11.